The van der Waals surface area contributed by atoms with E-state index in [1.807, 2.05) is 12.1 Å². The van der Waals surface area contributed by atoms with Gasteiger partial charge in [-0.1, -0.05) is 30.7 Å². The van der Waals surface area contributed by atoms with E-state index in [4.69, 9.17) is 4.74 Å². The van der Waals surface area contributed by atoms with Gasteiger partial charge in [-0.05, 0) is 93.2 Å². The number of esters is 1. The van der Waals surface area contributed by atoms with Crippen molar-refractivity contribution in [3.05, 3.63) is 77.1 Å². The zero-order valence-electron chi connectivity index (χ0n) is 19.0. The van der Waals surface area contributed by atoms with Crippen molar-refractivity contribution in [3.63, 3.8) is 0 Å². The molecule has 0 spiro atoms. The molecule has 4 atom stereocenters. The van der Waals surface area contributed by atoms with E-state index in [2.05, 4.69) is 19.1 Å². The minimum absolute atomic E-state index is 0.291. The Labute approximate surface area is 193 Å². The van der Waals surface area contributed by atoms with Gasteiger partial charge in [0.05, 0.1) is 5.56 Å². The quantitative estimate of drug-likeness (QED) is 0.191. The highest BCUT2D eigenvalue weighted by Crippen LogP contribution is 2.48. The van der Waals surface area contributed by atoms with Gasteiger partial charge in [0.2, 0.25) is 0 Å². The fourth-order valence-electron chi connectivity index (χ4n) is 5.70. The summed E-state index contributed by atoms with van der Waals surface area (Å²) in [5.74, 6) is -2.47. The molecule has 0 saturated heterocycles. The third-order valence-corrected chi connectivity index (χ3v) is 7.48. The monoisotopic (exact) mass is 456 g/mol. The van der Waals surface area contributed by atoms with E-state index in [1.165, 1.54) is 56.9 Å². The first-order valence-electron chi connectivity index (χ1n) is 12.0. The minimum Gasteiger partial charge on any atom is -0.423 e. The molecule has 2 fully saturated rings. The van der Waals surface area contributed by atoms with Gasteiger partial charge < -0.3 is 4.74 Å². The molecule has 0 radical (unpaired) electrons. The molecule has 0 N–H and O–H groups in total. The molecule has 0 aliphatic heterocycles. The Morgan fingerprint density at radius 3 is 2.33 bits per heavy atom. The van der Waals surface area contributed by atoms with Gasteiger partial charge in [0.1, 0.15) is 5.75 Å². The predicted molar refractivity (Wildman–Crippen MR) is 123 cm³/mol. The number of halogens is 3. The van der Waals surface area contributed by atoms with Crippen LogP contribution in [0.25, 0.3) is 0 Å². The number of carbonyl (C=O) groups is 1. The second-order valence-electron chi connectivity index (χ2n) is 9.57. The van der Waals surface area contributed by atoms with Crippen LogP contribution in [-0.4, -0.2) is 5.97 Å². The van der Waals surface area contributed by atoms with E-state index in [1.54, 1.807) is 12.1 Å². The molecule has 0 amide bonds. The van der Waals surface area contributed by atoms with Gasteiger partial charge in [0, 0.05) is 12.1 Å². The Morgan fingerprint density at radius 1 is 0.970 bits per heavy atom. The lowest BCUT2D eigenvalue weighted by Gasteiger charge is -2.42. The van der Waals surface area contributed by atoms with Gasteiger partial charge in [-0.3, -0.25) is 0 Å². The summed E-state index contributed by atoms with van der Waals surface area (Å²) in [5, 5.41) is 0. The van der Waals surface area contributed by atoms with Crippen LogP contribution in [0.15, 0.2) is 48.6 Å². The Kier molecular flexibility index (Phi) is 7.56. The first-order chi connectivity index (χ1) is 15.9. The number of hydrogen-bond acceptors (Lipinski definition) is 2. The van der Waals surface area contributed by atoms with Crippen molar-refractivity contribution >= 4 is 5.97 Å². The molecule has 2 saturated carbocycles. The van der Waals surface area contributed by atoms with Gasteiger partial charge in [0.25, 0.3) is 0 Å². The Balaban J connectivity index is 1.33. The molecule has 2 aliphatic carbocycles. The summed E-state index contributed by atoms with van der Waals surface area (Å²) >= 11 is 0. The average molecular weight is 457 g/mol. The molecule has 2 aliphatic rings. The molecule has 176 valence electrons. The lowest BCUT2D eigenvalue weighted by atomic mass is 9.63. The van der Waals surface area contributed by atoms with Crippen molar-refractivity contribution in [2.75, 3.05) is 0 Å². The number of allylic oxidation sites excluding steroid dienone is 2. The summed E-state index contributed by atoms with van der Waals surface area (Å²) < 4.78 is 44.8. The summed E-state index contributed by atoms with van der Waals surface area (Å²) in [6.45, 7) is 2.08. The topological polar surface area (TPSA) is 26.3 Å². The van der Waals surface area contributed by atoms with Crippen LogP contribution in [0.2, 0.25) is 0 Å². The highest BCUT2D eigenvalue weighted by Gasteiger charge is 2.35. The van der Waals surface area contributed by atoms with Crippen LogP contribution in [-0.2, 0) is 0 Å². The van der Waals surface area contributed by atoms with Gasteiger partial charge in [0.15, 0.2) is 17.5 Å². The maximum absolute atomic E-state index is 13.4. The zero-order valence-corrected chi connectivity index (χ0v) is 19.0. The van der Waals surface area contributed by atoms with Gasteiger partial charge >= 0.3 is 5.97 Å². The molecule has 2 nitrogen and oxygen atoms in total. The number of carbonyl (C=O) groups excluding carboxylic acids is 1. The van der Waals surface area contributed by atoms with Gasteiger partial charge in [-0.15, -0.1) is 0 Å². The lowest BCUT2D eigenvalue weighted by Crippen LogP contribution is -2.30. The Hall–Kier alpha value is -2.56. The minimum atomic E-state index is -1.59. The summed E-state index contributed by atoms with van der Waals surface area (Å²) in [4.78, 5) is 12.4. The molecule has 5 heteroatoms. The highest BCUT2D eigenvalue weighted by molar-refractivity contribution is 5.91. The van der Waals surface area contributed by atoms with Crippen LogP contribution < -0.4 is 4.74 Å². The number of fused-ring (bicyclic) bond motifs is 1. The van der Waals surface area contributed by atoms with E-state index in [9.17, 15) is 18.0 Å². The summed E-state index contributed by atoms with van der Waals surface area (Å²) in [6.07, 6.45) is 14.6. The molecular weight excluding hydrogens is 425 g/mol. The van der Waals surface area contributed by atoms with E-state index < -0.39 is 23.4 Å². The largest absolute Gasteiger partial charge is 0.423 e. The van der Waals surface area contributed by atoms with Crippen molar-refractivity contribution < 1.29 is 22.7 Å². The molecule has 4 rings (SSSR count). The molecular formula is C28H31F3O2. The van der Waals surface area contributed by atoms with Crippen molar-refractivity contribution in [2.24, 2.45) is 17.8 Å². The van der Waals surface area contributed by atoms with E-state index in [0.717, 1.165) is 17.8 Å². The van der Waals surface area contributed by atoms with Crippen molar-refractivity contribution in [1.82, 2.24) is 0 Å². The summed E-state index contributed by atoms with van der Waals surface area (Å²) in [5.41, 5.74) is 1.51. The van der Waals surface area contributed by atoms with Gasteiger partial charge in [-0.2, -0.15) is 0 Å². The second kappa shape index (κ2) is 10.6. The predicted octanol–water partition coefficient (Wildman–Crippen LogP) is 7.98. The third kappa shape index (κ3) is 5.69. The van der Waals surface area contributed by atoms with E-state index in [0.29, 0.717) is 23.6 Å². The highest BCUT2D eigenvalue weighted by atomic mass is 19.2. The summed E-state index contributed by atoms with van der Waals surface area (Å²) in [6, 6.07) is 8.62. The SMILES string of the molecule is C/C=C/CCC1CCC2CC(c3ccc(C(=O)Oc4cc(F)c(F)c(F)c4)cc3)CCC2C1. The normalized spacial score (nSPS) is 25.1. The second-order valence-corrected chi connectivity index (χ2v) is 9.57. The molecule has 4 unspecified atom stereocenters. The van der Waals surface area contributed by atoms with Crippen molar-refractivity contribution in [2.45, 2.75) is 64.2 Å². The number of rotatable bonds is 6. The standard InChI is InChI=1S/C28H31F3O2/c1-2-3-4-5-18-6-7-23-15-22(13-12-21(23)14-18)19-8-10-20(11-9-19)28(32)33-24-16-25(29)27(31)26(30)17-24/h2-3,8-11,16-18,21-23H,4-7,12-15H2,1H3/b3-2+. The number of hydrogen-bond donors (Lipinski definition) is 0. The Morgan fingerprint density at radius 2 is 1.64 bits per heavy atom. The maximum Gasteiger partial charge on any atom is 0.343 e. The average Bonchev–Trinajstić information content (AvgIpc) is 2.82. The van der Waals surface area contributed by atoms with Gasteiger partial charge in [-0.25, -0.2) is 18.0 Å². The zero-order chi connectivity index (χ0) is 23.4. The van der Waals surface area contributed by atoms with Crippen LogP contribution >= 0.6 is 0 Å². The fourth-order valence-corrected chi connectivity index (χ4v) is 5.70. The van der Waals surface area contributed by atoms with Crippen LogP contribution in [0.4, 0.5) is 13.2 Å². The first kappa shape index (κ1) is 23.6. The lowest BCUT2D eigenvalue weighted by molar-refractivity contribution is 0.0733. The summed E-state index contributed by atoms with van der Waals surface area (Å²) in [7, 11) is 0. The molecule has 2 aromatic carbocycles. The fraction of sp³-hybridized carbons (Fsp3) is 0.464. The van der Waals surface area contributed by atoms with E-state index in [-0.39, 0.29) is 5.75 Å². The molecule has 0 heterocycles. The molecule has 0 aromatic heterocycles. The molecule has 0 bridgehead atoms. The van der Waals surface area contributed by atoms with Crippen molar-refractivity contribution in [1.29, 1.82) is 0 Å². The third-order valence-electron chi connectivity index (χ3n) is 7.48. The van der Waals surface area contributed by atoms with Crippen LogP contribution in [0.1, 0.15) is 80.1 Å². The molecule has 2 aromatic rings. The number of ether oxygens (including phenoxy) is 1. The number of benzene rings is 2. The smallest absolute Gasteiger partial charge is 0.343 e. The molecule has 33 heavy (non-hydrogen) atoms. The van der Waals surface area contributed by atoms with Crippen molar-refractivity contribution in [3.8, 4) is 5.75 Å². The maximum atomic E-state index is 13.4. The van der Waals surface area contributed by atoms with E-state index >= 15 is 0 Å². The first-order valence-corrected chi connectivity index (χ1v) is 12.0. The Bertz CT molecular complexity index is 976. The van der Waals surface area contributed by atoms with Crippen LogP contribution in [0.3, 0.4) is 0 Å². The van der Waals surface area contributed by atoms with Crippen LogP contribution in [0.5, 0.6) is 5.75 Å². The van der Waals surface area contributed by atoms with Crippen LogP contribution in [0, 0.1) is 35.2 Å².